The van der Waals surface area contributed by atoms with Crippen molar-refractivity contribution in [3.8, 4) is 0 Å². The zero-order chi connectivity index (χ0) is 14.8. The van der Waals surface area contributed by atoms with Crippen molar-refractivity contribution >= 4 is 0 Å². The molecular formula is C14H18FN3O2. The minimum Gasteiger partial charge on any atom is -0.383 e. The molecule has 0 fully saturated rings. The number of hydrogen-bond acceptors (Lipinski definition) is 5. The molecule has 0 spiro atoms. The average Bonchev–Trinajstić information content (AvgIpc) is 2.90. The van der Waals surface area contributed by atoms with Gasteiger partial charge >= 0.3 is 0 Å². The summed E-state index contributed by atoms with van der Waals surface area (Å²) in [7, 11) is 1.56. The fourth-order valence-electron chi connectivity index (χ4n) is 1.89. The molecule has 0 amide bonds. The summed E-state index contributed by atoms with van der Waals surface area (Å²) in [6.07, 6.45) is 0. The van der Waals surface area contributed by atoms with Crippen LogP contribution in [0, 0.1) is 5.82 Å². The second kappa shape index (κ2) is 5.68. The molecule has 108 valence electrons. The lowest BCUT2D eigenvalue weighted by molar-refractivity contribution is 0.166. The van der Waals surface area contributed by atoms with Gasteiger partial charge in [0.1, 0.15) is 11.9 Å². The number of nitrogens with zero attached hydrogens (tertiary/aromatic N) is 2. The minimum atomic E-state index is -0.498. The van der Waals surface area contributed by atoms with Gasteiger partial charge in [-0.25, -0.2) is 4.39 Å². The number of benzene rings is 1. The lowest BCUT2D eigenvalue weighted by Crippen LogP contribution is -2.22. The van der Waals surface area contributed by atoms with Gasteiger partial charge in [0, 0.05) is 7.11 Å². The summed E-state index contributed by atoms with van der Waals surface area (Å²) in [6, 6.07) is 5.79. The topological polar surface area (TPSA) is 74.2 Å². The summed E-state index contributed by atoms with van der Waals surface area (Å²) in [6.45, 7) is 4.19. The van der Waals surface area contributed by atoms with Crippen LogP contribution in [0.4, 0.5) is 4.39 Å². The van der Waals surface area contributed by atoms with E-state index in [1.165, 1.54) is 12.1 Å². The highest BCUT2D eigenvalue weighted by molar-refractivity contribution is 5.30. The normalized spacial score (nSPS) is 13.4. The number of methoxy groups -OCH3 is 1. The standard InChI is InChI=1S/C14H18FN3O2/c1-14(2,9-4-6-10(15)7-5-9)13-17-12(20-18-13)11(16)8-19-3/h4-7,11H,8,16H2,1-3H3. The van der Waals surface area contributed by atoms with Gasteiger partial charge in [-0.05, 0) is 31.5 Å². The van der Waals surface area contributed by atoms with Crippen molar-refractivity contribution in [2.45, 2.75) is 25.3 Å². The summed E-state index contributed by atoms with van der Waals surface area (Å²) in [5.41, 5.74) is 6.25. The summed E-state index contributed by atoms with van der Waals surface area (Å²) in [5.74, 6) is 0.558. The lowest BCUT2D eigenvalue weighted by Gasteiger charge is -2.20. The first-order valence-electron chi connectivity index (χ1n) is 6.30. The first-order chi connectivity index (χ1) is 9.45. The van der Waals surface area contributed by atoms with Crippen molar-refractivity contribution in [1.29, 1.82) is 0 Å². The van der Waals surface area contributed by atoms with Crippen molar-refractivity contribution in [3.05, 3.63) is 47.4 Å². The molecule has 0 aliphatic heterocycles. The van der Waals surface area contributed by atoms with Crippen molar-refractivity contribution in [2.24, 2.45) is 5.73 Å². The maximum atomic E-state index is 13.0. The Morgan fingerprint density at radius 2 is 2.00 bits per heavy atom. The van der Waals surface area contributed by atoms with Gasteiger partial charge in [-0.2, -0.15) is 4.98 Å². The first kappa shape index (κ1) is 14.6. The number of ether oxygens (including phenoxy) is 1. The molecule has 0 radical (unpaired) electrons. The highest BCUT2D eigenvalue weighted by Crippen LogP contribution is 2.29. The molecule has 0 saturated carbocycles. The summed E-state index contributed by atoms with van der Waals surface area (Å²) >= 11 is 0. The van der Waals surface area contributed by atoms with Crippen molar-refractivity contribution in [1.82, 2.24) is 10.1 Å². The molecule has 20 heavy (non-hydrogen) atoms. The second-order valence-corrected chi connectivity index (χ2v) is 5.15. The molecule has 2 rings (SSSR count). The molecule has 1 unspecified atom stereocenters. The van der Waals surface area contributed by atoms with E-state index in [0.29, 0.717) is 18.3 Å². The predicted molar refractivity (Wildman–Crippen MR) is 71.6 cm³/mol. The van der Waals surface area contributed by atoms with Crippen LogP contribution in [-0.4, -0.2) is 23.9 Å². The molecular weight excluding hydrogens is 261 g/mol. The van der Waals surface area contributed by atoms with Crippen LogP contribution in [0.25, 0.3) is 0 Å². The van der Waals surface area contributed by atoms with Gasteiger partial charge in [0.05, 0.1) is 12.0 Å². The summed E-state index contributed by atoms with van der Waals surface area (Å²) < 4.78 is 23.1. The minimum absolute atomic E-state index is 0.277. The molecule has 0 aliphatic carbocycles. The largest absolute Gasteiger partial charge is 0.383 e. The number of aromatic nitrogens is 2. The Bertz CT molecular complexity index is 566. The zero-order valence-electron chi connectivity index (χ0n) is 11.8. The molecule has 1 aromatic carbocycles. The van der Waals surface area contributed by atoms with Crippen molar-refractivity contribution in [2.75, 3.05) is 13.7 Å². The highest BCUT2D eigenvalue weighted by Gasteiger charge is 2.30. The number of nitrogens with two attached hydrogens (primary N) is 1. The third kappa shape index (κ3) is 2.86. The van der Waals surface area contributed by atoms with E-state index in [1.807, 2.05) is 13.8 Å². The predicted octanol–water partition coefficient (Wildman–Crippen LogP) is 2.18. The van der Waals surface area contributed by atoms with Crippen LogP contribution >= 0.6 is 0 Å². The van der Waals surface area contributed by atoms with E-state index in [4.69, 9.17) is 15.0 Å². The van der Waals surface area contributed by atoms with Crippen LogP contribution in [0.3, 0.4) is 0 Å². The van der Waals surface area contributed by atoms with Crippen molar-refractivity contribution in [3.63, 3.8) is 0 Å². The van der Waals surface area contributed by atoms with Gasteiger partial charge in [0.2, 0.25) is 5.89 Å². The fraction of sp³-hybridized carbons (Fsp3) is 0.429. The highest BCUT2D eigenvalue weighted by atomic mass is 19.1. The number of hydrogen-bond donors (Lipinski definition) is 1. The van der Waals surface area contributed by atoms with Crippen LogP contribution < -0.4 is 5.73 Å². The number of rotatable bonds is 5. The lowest BCUT2D eigenvalue weighted by atomic mass is 9.84. The van der Waals surface area contributed by atoms with Crippen LogP contribution in [-0.2, 0) is 10.2 Å². The van der Waals surface area contributed by atoms with Crippen LogP contribution in [0.15, 0.2) is 28.8 Å². The third-order valence-electron chi connectivity index (χ3n) is 3.23. The Morgan fingerprint density at radius 1 is 1.35 bits per heavy atom. The maximum Gasteiger partial charge on any atom is 0.245 e. The van der Waals surface area contributed by atoms with E-state index < -0.39 is 11.5 Å². The molecule has 1 atom stereocenters. The van der Waals surface area contributed by atoms with Crippen molar-refractivity contribution < 1.29 is 13.7 Å². The summed E-state index contributed by atoms with van der Waals surface area (Å²) in [4.78, 5) is 4.32. The maximum absolute atomic E-state index is 13.0. The van der Waals surface area contributed by atoms with E-state index in [2.05, 4.69) is 10.1 Å². The monoisotopic (exact) mass is 279 g/mol. The van der Waals surface area contributed by atoms with E-state index >= 15 is 0 Å². The molecule has 1 heterocycles. The Morgan fingerprint density at radius 3 is 2.60 bits per heavy atom. The molecule has 0 aliphatic rings. The Balaban J connectivity index is 2.27. The fourth-order valence-corrected chi connectivity index (χ4v) is 1.89. The molecule has 0 bridgehead atoms. The van der Waals surface area contributed by atoms with Gasteiger partial charge in [0.15, 0.2) is 5.82 Å². The molecule has 0 saturated heterocycles. The van der Waals surface area contributed by atoms with Gasteiger partial charge in [-0.3, -0.25) is 0 Å². The SMILES string of the molecule is COCC(N)c1nc(C(C)(C)c2ccc(F)cc2)no1. The van der Waals surface area contributed by atoms with Gasteiger partial charge < -0.3 is 15.0 Å². The number of halogens is 1. The molecule has 2 N–H and O–H groups in total. The first-order valence-corrected chi connectivity index (χ1v) is 6.30. The second-order valence-electron chi connectivity index (χ2n) is 5.15. The van der Waals surface area contributed by atoms with Gasteiger partial charge in [0.25, 0.3) is 0 Å². The Kier molecular flexibility index (Phi) is 4.15. The summed E-state index contributed by atoms with van der Waals surface area (Å²) in [5, 5.41) is 3.97. The quantitative estimate of drug-likeness (QED) is 0.908. The van der Waals surface area contributed by atoms with Crippen LogP contribution in [0.5, 0.6) is 0 Å². The van der Waals surface area contributed by atoms with E-state index in [1.54, 1.807) is 19.2 Å². The van der Waals surface area contributed by atoms with Crippen LogP contribution in [0.1, 0.15) is 37.2 Å². The Hall–Kier alpha value is -1.79. The van der Waals surface area contributed by atoms with Gasteiger partial charge in [-0.15, -0.1) is 0 Å². The third-order valence-corrected chi connectivity index (χ3v) is 3.23. The Labute approximate surface area is 116 Å². The molecule has 6 heteroatoms. The van der Waals surface area contributed by atoms with Crippen LogP contribution in [0.2, 0.25) is 0 Å². The average molecular weight is 279 g/mol. The van der Waals surface area contributed by atoms with E-state index in [9.17, 15) is 4.39 Å². The van der Waals surface area contributed by atoms with E-state index in [-0.39, 0.29) is 5.82 Å². The zero-order valence-corrected chi connectivity index (χ0v) is 11.8. The molecule has 2 aromatic rings. The van der Waals surface area contributed by atoms with E-state index in [0.717, 1.165) is 5.56 Å². The van der Waals surface area contributed by atoms with Gasteiger partial charge in [-0.1, -0.05) is 17.3 Å². The molecule has 1 aromatic heterocycles. The molecule has 5 nitrogen and oxygen atoms in total. The smallest absolute Gasteiger partial charge is 0.245 e.